The number of aromatic carboxylic acids is 2. The number of hydrogen-bond acceptors (Lipinski definition) is 10. The largest absolute Gasteiger partial charge is 2.00 e. The number of carboxylic acid groups (broad SMARTS) is 2. The van der Waals surface area contributed by atoms with Crippen LogP contribution in [0.3, 0.4) is 0 Å². The summed E-state index contributed by atoms with van der Waals surface area (Å²) in [4.78, 5) is 32.0. The molecule has 0 aromatic heterocycles. The van der Waals surface area contributed by atoms with E-state index < -0.39 is 34.9 Å². The van der Waals surface area contributed by atoms with E-state index in [0.29, 0.717) is 36.8 Å². The van der Waals surface area contributed by atoms with Gasteiger partial charge in [-0.15, -0.1) is 0 Å². The van der Waals surface area contributed by atoms with Gasteiger partial charge in [-0.05, 0) is 110 Å². The Morgan fingerprint density at radius 1 is 0.508 bits per heavy atom. The van der Waals surface area contributed by atoms with Crippen LogP contribution in [0.15, 0.2) is 82.8 Å². The zero-order valence-electron chi connectivity index (χ0n) is 35.5. The minimum atomic E-state index is -1.45. The SMILES string of the molecule is CCCCC(=Nc1ccccc1)C(CCCC)=Nc1ccccc1.CCCc1cc(O)c(O)c(C(=O)[O-])c1CCC.CCCc1cc(O)c(O)c(C(=O)[O-])c1CCC.[Ni+2]. The van der Waals surface area contributed by atoms with E-state index in [1.165, 1.54) is 25.0 Å². The average molecular weight is 854 g/mol. The number of carbonyl (C=O) groups excluding carboxylic acids is 2. The van der Waals surface area contributed by atoms with Gasteiger partial charge in [0.2, 0.25) is 0 Å². The van der Waals surface area contributed by atoms with Crippen molar-refractivity contribution < 1.29 is 56.7 Å². The summed E-state index contributed by atoms with van der Waals surface area (Å²) in [6.07, 6.45) is 12.2. The smallest absolute Gasteiger partial charge is 0.545 e. The molecule has 59 heavy (non-hydrogen) atoms. The van der Waals surface area contributed by atoms with Gasteiger partial charge in [-0.25, -0.2) is 0 Å². The van der Waals surface area contributed by atoms with Crippen molar-refractivity contribution >= 4 is 34.7 Å². The fourth-order valence-corrected chi connectivity index (χ4v) is 6.53. The second kappa shape index (κ2) is 28.3. The molecule has 0 aliphatic carbocycles. The molecular weight excluding hydrogens is 791 g/mol. The molecular formula is C48H62N2NiO8. The summed E-state index contributed by atoms with van der Waals surface area (Å²) in [5.41, 5.74) is 6.45. The topological polar surface area (TPSA) is 186 Å². The number of benzene rings is 4. The van der Waals surface area contributed by atoms with Crippen LogP contribution >= 0.6 is 0 Å². The van der Waals surface area contributed by atoms with Crippen LogP contribution in [0, 0.1) is 0 Å². The van der Waals surface area contributed by atoms with Gasteiger partial charge >= 0.3 is 16.5 Å². The number of unbranched alkanes of at least 4 members (excludes halogenated alkanes) is 2. The normalized spacial score (nSPS) is 11.1. The zero-order valence-corrected chi connectivity index (χ0v) is 36.4. The van der Waals surface area contributed by atoms with Crippen molar-refractivity contribution in [3.8, 4) is 23.0 Å². The Morgan fingerprint density at radius 2 is 0.831 bits per heavy atom. The number of carboxylic acids is 2. The van der Waals surface area contributed by atoms with E-state index in [4.69, 9.17) is 9.98 Å². The first-order chi connectivity index (χ1) is 27.9. The Morgan fingerprint density at radius 3 is 1.10 bits per heavy atom. The maximum Gasteiger partial charge on any atom is 2.00 e. The monoisotopic (exact) mass is 852 g/mol. The fourth-order valence-electron chi connectivity index (χ4n) is 6.53. The Bertz CT molecular complexity index is 1810. The molecule has 0 aliphatic heterocycles. The van der Waals surface area contributed by atoms with E-state index in [2.05, 4.69) is 38.1 Å². The van der Waals surface area contributed by atoms with Crippen molar-refractivity contribution in [2.75, 3.05) is 0 Å². The summed E-state index contributed by atoms with van der Waals surface area (Å²) < 4.78 is 0. The zero-order chi connectivity index (χ0) is 43.0. The second-order valence-electron chi connectivity index (χ2n) is 14.1. The number of aliphatic imine (C=N–C) groups is 2. The van der Waals surface area contributed by atoms with Crippen molar-refractivity contribution in [3.05, 3.63) is 106 Å². The molecule has 4 aromatic rings. The third-order valence-corrected chi connectivity index (χ3v) is 9.31. The molecule has 0 amide bonds. The number of hydrogen-bond donors (Lipinski definition) is 4. The minimum Gasteiger partial charge on any atom is -0.545 e. The van der Waals surface area contributed by atoms with Crippen molar-refractivity contribution in [2.24, 2.45) is 9.98 Å². The third-order valence-electron chi connectivity index (χ3n) is 9.31. The van der Waals surface area contributed by atoms with Crippen LogP contribution < -0.4 is 10.2 Å². The molecule has 4 rings (SSSR count). The average Bonchev–Trinajstić information content (AvgIpc) is 3.20. The molecule has 0 atom stereocenters. The number of aromatic hydroxyl groups is 4. The number of nitrogens with zero attached hydrogens (tertiary/aromatic N) is 2. The van der Waals surface area contributed by atoms with Crippen LogP contribution in [0.4, 0.5) is 11.4 Å². The van der Waals surface area contributed by atoms with Crippen molar-refractivity contribution in [1.82, 2.24) is 0 Å². The van der Waals surface area contributed by atoms with Crippen molar-refractivity contribution in [1.29, 1.82) is 0 Å². The summed E-state index contributed by atoms with van der Waals surface area (Å²) >= 11 is 0. The van der Waals surface area contributed by atoms with Crippen LogP contribution in [0.2, 0.25) is 0 Å². The van der Waals surface area contributed by atoms with E-state index in [0.717, 1.165) is 85.3 Å². The molecule has 0 fully saturated rings. The molecule has 322 valence electrons. The third kappa shape index (κ3) is 16.6. The first-order valence-corrected chi connectivity index (χ1v) is 20.7. The van der Waals surface area contributed by atoms with Crippen LogP contribution in [-0.2, 0) is 42.2 Å². The molecule has 0 unspecified atom stereocenters. The van der Waals surface area contributed by atoms with Crippen LogP contribution in [0.25, 0.3) is 0 Å². The molecule has 0 bridgehead atoms. The van der Waals surface area contributed by atoms with E-state index in [1.54, 1.807) is 0 Å². The predicted molar refractivity (Wildman–Crippen MR) is 230 cm³/mol. The second-order valence-corrected chi connectivity index (χ2v) is 14.1. The maximum absolute atomic E-state index is 11.0. The number of para-hydroxylation sites is 2. The van der Waals surface area contributed by atoms with Gasteiger partial charge in [-0.3, -0.25) is 9.98 Å². The van der Waals surface area contributed by atoms with Gasteiger partial charge in [0.25, 0.3) is 0 Å². The van der Waals surface area contributed by atoms with Gasteiger partial charge in [0.1, 0.15) is 0 Å². The van der Waals surface area contributed by atoms with Crippen LogP contribution in [0.1, 0.15) is 149 Å². The number of phenolic OH excluding ortho intramolecular Hbond substituents is 2. The summed E-state index contributed by atoms with van der Waals surface area (Å²) in [7, 11) is 0. The molecule has 11 heteroatoms. The Hall–Kier alpha value is -5.15. The first kappa shape index (κ1) is 51.9. The van der Waals surface area contributed by atoms with Gasteiger partial charge < -0.3 is 40.2 Å². The summed E-state index contributed by atoms with van der Waals surface area (Å²) in [5.74, 6) is -4.86. The minimum absolute atomic E-state index is 0. The van der Waals surface area contributed by atoms with E-state index >= 15 is 0 Å². The molecule has 0 saturated carbocycles. The Kier molecular flexibility index (Phi) is 24.9. The van der Waals surface area contributed by atoms with Gasteiger partial charge in [0.05, 0.1) is 34.7 Å². The van der Waals surface area contributed by atoms with Crippen molar-refractivity contribution in [2.45, 2.75) is 131 Å². The quantitative estimate of drug-likeness (QED) is 0.0408. The fraction of sp³-hybridized carbons (Fsp3) is 0.417. The number of rotatable bonds is 19. The summed E-state index contributed by atoms with van der Waals surface area (Å²) in [6, 6.07) is 23.3. The Labute approximate surface area is 360 Å². The number of carbonyl (C=O) groups is 2. The van der Waals surface area contributed by atoms with E-state index in [9.17, 15) is 40.2 Å². The van der Waals surface area contributed by atoms with E-state index in [-0.39, 0.29) is 27.6 Å². The Balaban J connectivity index is 0.000000450. The van der Waals surface area contributed by atoms with E-state index in [1.807, 2.05) is 64.1 Å². The maximum atomic E-state index is 11.0. The first-order valence-electron chi connectivity index (χ1n) is 20.7. The molecule has 4 aromatic carbocycles. The summed E-state index contributed by atoms with van der Waals surface area (Å²) in [5, 5.41) is 60.3. The molecule has 4 N–H and O–H groups in total. The number of aryl methyl sites for hydroxylation is 2. The standard InChI is InChI=1S/C22H28N2.2C13H18O4.Ni/c1-3-5-17-21(23-19-13-9-7-10-14-19)22(18-6-4-2)24-20-15-11-8-12-16-20;2*1-3-5-8-7-10(14)12(15)11(13(16)17)9(8)6-4-2;/h7-16H,3-6,17-18H2,1-2H3;2*7,14-15H,3-6H2,1-2H3,(H,16,17);/q;;;+2/p-2. The number of phenols is 4. The molecule has 0 radical (unpaired) electrons. The van der Waals surface area contributed by atoms with Gasteiger partial charge in [-0.2, -0.15) is 0 Å². The van der Waals surface area contributed by atoms with Gasteiger partial charge in [0, 0.05) is 11.1 Å². The molecule has 0 heterocycles. The summed E-state index contributed by atoms with van der Waals surface area (Å²) in [6.45, 7) is 12.2. The predicted octanol–water partition coefficient (Wildman–Crippen LogP) is 9.64. The van der Waals surface area contributed by atoms with Crippen LogP contribution in [0.5, 0.6) is 23.0 Å². The molecule has 10 nitrogen and oxygen atoms in total. The van der Waals surface area contributed by atoms with Gasteiger partial charge in [-0.1, -0.05) is 116 Å². The van der Waals surface area contributed by atoms with Crippen LogP contribution in [-0.4, -0.2) is 43.8 Å². The van der Waals surface area contributed by atoms with Gasteiger partial charge in [0.15, 0.2) is 23.0 Å². The molecule has 0 spiro atoms. The molecule has 0 saturated heterocycles. The van der Waals surface area contributed by atoms with Crippen molar-refractivity contribution in [3.63, 3.8) is 0 Å². The molecule has 0 aliphatic rings.